The van der Waals surface area contributed by atoms with Gasteiger partial charge in [0, 0.05) is 11.1 Å². The van der Waals surface area contributed by atoms with Crippen molar-refractivity contribution in [3.63, 3.8) is 0 Å². The molecule has 0 radical (unpaired) electrons. The minimum absolute atomic E-state index is 0.572. The van der Waals surface area contributed by atoms with Gasteiger partial charge in [-0.15, -0.1) is 0 Å². The summed E-state index contributed by atoms with van der Waals surface area (Å²) < 4.78 is 1.20. The van der Waals surface area contributed by atoms with E-state index in [9.17, 15) is 0 Å². The van der Waals surface area contributed by atoms with Crippen LogP contribution in [0.5, 0.6) is 0 Å². The topological polar surface area (TPSA) is 24.9 Å². The molecular formula is C15H19ClN2S. The average molecular weight is 295 g/mol. The van der Waals surface area contributed by atoms with Crippen LogP contribution in [0.3, 0.4) is 0 Å². The average Bonchev–Trinajstić information content (AvgIpc) is 2.75. The highest BCUT2D eigenvalue weighted by molar-refractivity contribution is 7.22. The van der Waals surface area contributed by atoms with Crippen LogP contribution in [0.1, 0.15) is 33.1 Å². The summed E-state index contributed by atoms with van der Waals surface area (Å²) in [6, 6.07) is 6.48. The number of halogens is 1. The molecule has 0 bridgehead atoms. The SMILES string of the molecule is CC1CCC(Nc2nc3cc(Cl)ccc3s2)CC1C. The van der Waals surface area contributed by atoms with E-state index in [2.05, 4.69) is 24.1 Å². The van der Waals surface area contributed by atoms with Gasteiger partial charge < -0.3 is 5.32 Å². The summed E-state index contributed by atoms with van der Waals surface area (Å²) in [6.07, 6.45) is 3.82. The van der Waals surface area contributed by atoms with Gasteiger partial charge in [0.1, 0.15) is 0 Å². The molecule has 0 aliphatic heterocycles. The fraction of sp³-hybridized carbons (Fsp3) is 0.533. The van der Waals surface area contributed by atoms with Gasteiger partial charge in [-0.1, -0.05) is 36.8 Å². The van der Waals surface area contributed by atoms with Crippen LogP contribution in [0.4, 0.5) is 5.13 Å². The molecule has 102 valence electrons. The van der Waals surface area contributed by atoms with Crippen LogP contribution in [0.15, 0.2) is 18.2 Å². The van der Waals surface area contributed by atoms with Crippen molar-refractivity contribution in [1.29, 1.82) is 0 Å². The lowest BCUT2D eigenvalue weighted by Gasteiger charge is -2.32. The molecule has 1 fully saturated rings. The fourth-order valence-electron chi connectivity index (χ4n) is 2.82. The first kappa shape index (κ1) is 13.2. The summed E-state index contributed by atoms with van der Waals surface area (Å²) >= 11 is 7.72. The number of nitrogens with zero attached hydrogens (tertiary/aromatic N) is 1. The van der Waals surface area contributed by atoms with E-state index in [1.54, 1.807) is 11.3 Å². The zero-order chi connectivity index (χ0) is 13.4. The maximum absolute atomic E-state index is 6.00. The van der Waals surface area contributed by atoms with Gasteiger partial charge in [-0.25, -0.2) is 4.98 Å². The van der Waals surface area contributed by atoms with Crippen molar-refractivity contribution in [2.24, 2.45) is 11.8 Å². The number of aromatic nitrogens is 1. The Morgan fingerprint density at radius 1 is 1.26 bits per heavy atom. The molecule has 1 heterocycles. The number of anilines is 1. The van der Waals surface area contributed by atoms with E-state index in [4.69, 9.17) is 11.6 Å². The van der Waals surface area contributed by atoms with Gasteiger partial charge >= 0.3 is 0 Å². The van der Waals surface area contributed by atoms with E-state index in [1.807, 2.05) is 18.2 Å². The quantitative estimate of drug-likeness (QED) is 0.825. The number of thiazole rings is 1. The summed E-state index contributed by atoms with van der Waals surface area (Å²) in [4.78, 5) is 4.63. The number of rotatable bonds is 2. The van der Waals surface area contributed by atoms with Crippen molar-refractivity contribution in [3.8, 4) is 0 Å². The van der Waals surface area contributed by atoms with Crippen molar-refractivity contribution in [3.05, 3.63) is 23.2 Å². The fourth-order valence-corrected chi connectivity index (χ4v) is 3.91. The van der Waals surface area contributed by atoms with E-state index in [0.29, 0.717) is 6.04 Å². The van der Waals surface area contributed by atoms with Crippen molar-refractivity contribution < 1.29 is 0 Å². The van der Waals surface area contributed by atoms with Gasteiger partial charge in [0.2, 0.25) is 0 Å². The summed E-state index contributed by atoms with van der Waals surface area (Å²) in [5.41, 5.74) is 0.997. The lowest BCUT2D eigenvalue weighted by molar-refractivity contribution is 0.261. The molecule has 1 aliphatic carbocycles. The molecule has 1 aromatic carbocycles. The second-order valence-electron chi connectivity index (χ2n) is 5.74. The van der Waals surface area contributed by atoms with Crippen LogP contribution < -0.4 is 5.32 Å². The molecule has 0 amide bonds. The van der Waals surface area contributed by atoms with E-state index in [1.165, 1.54) is 24.0 Å². The van der Waals surface area contributed by atoms with Crippen molar-refractivity contribution in [2.75, 3.05) is 5.32 Å². The molecule has 1 aliphatic rings. The Kier molecular flexibility index (Phi) is 3.68. The lowest BCUT2D eigenvalue weighted by Crippen LogP contribution is -2.30. The molecule has 3 rings (SSSR count). The smallest absolute Gasteiger partial charge is 0.184 e. The van der Waals surface area contributed by atoms with Crippen molar-refractivity contribution in [2.45, 2.75) is 39.2 Å². The van der Waals surface area contributed by atoms with Crippen molar-refractivity contribution >= 4 is 38.3 Å². The normalized spacial score (nSPS) is 27.6. The first-order chi connectivity index (χ1) is 9.11. The zero-order valence-corrected chi connectivity index (χ0v) is 12.9. The third-order valence-corrected chi connectivity index (χ3v) is 5.48. The third kappa shape index (κ3) is 2.87. The van der Waals surface area contributed by atoms with Gasteiger partial charge in [0.15, 0.2) is 5.13 Å². The lowest BCUT2D eigenvalue weighted by atomic mass is 9.79. The minimum atomic E-state index is 0.572. The predicted octanol–water partition coefficient (Wildman–Crippen LogP) is 5.19. The number of benzene rings is 1. The Bertz CT molecular complexity index is 581. The first-order valence-corrected chi connectivity index (χ1v) is 8.14. The van der Waals surface area contributed by atoms with Gasteiger partial charge in [0.05, 0.1) is 10.2 Å². The van der Waals surface area contributed by atoms with Crippen molar-refractivity contribution in [1.82, 2.24) is 4.98 Å². The number of fused-ring (bicyclic) bond motifs is 1. The molecule has 1 saturated carbocycles. The predicted molar refractivity (Wildman–Crippen MR) is 84.2 cm³/mol. The zero-order valence-electron chi connectivity index (χ0n) is 11.3. The van der Waals surface area contributed by atoms with E-state index in [0.717, 1.165) is 27.5 Å². The van der Waals surface area contributed by atoms with E-state index >= 15 is 0 Å². The second-order valence-corrected chi connectivity index (χ2v) is 7.21. The Hall–Kier alpha value is -0.800. The number of hydrogen-bond acceptors (Lipinski definition) is 3. The largest absolute Gasteiger partial charge is 0.359 e. The van der Waals surface area contributed by atoms with Gasteiger partial charge in [0.25, 0.3) is 0 Å². The first-order valence-electron chi connectivity index (χ1n) is 6.94. The van der Waals surface area contributed by atoms with Gasteiger partial charge in [-0.2, -0.15) is 0 Å². The van der Waals surface area contributed by atoms with Crippen LogP contribution in [0.25, 0.3) is 10.2 Å². The van der Waals surface area contributed by atoms with E-state index < -0.39 is 0 Å². The highest BCUT2D eigenvalue weighted by atomic mass is 35.5. The monoisotopic (exact) mass is 294 g/mol. The molecule has 19 heavy (non-hydrogen) atoms. The third-order valence-electron chi connectivity index (χ3n) is 4.28. The maximum Gasteiger partial charge on any atom is 0.184 e. The van der Waals surface area contributed by atoms with Gasteiger partial charge in [-0.3, -0.25) is 0 Å². The van der Waals surface area contributed by atoms with Gasteiger partial charge in [-0.05, 0) is 49.3 Å². The van der Waals surface area contributed by atoms with Crippen LogP contribution >= 0.6 is 22.9 Å². The summed E-state index contributed by atoms with van der Waals surface area (Å²) in [5.74, 6) is 1.65. The molecule has 2 nitrogen and oxygen atoms in total. The molecule has 4 heteroatoms. The van der Waals surface area contributed by atoms with Crippen LogP contribution in [-0.4, -0.2) is 11.0 Å². The van der Waals surface area contributed by atoms with E-state index in [-0.39, 0.29) is 0 Å². The summed E-state index contributed by atoms with van der Waals surface area (Å²) in [6.45, 7) is 4.72. The molecule has 0 spiro atoms. The standard InChI is InChI=1S/C15H19ClN2S/c1-9-3-5-12(7-10(9)2)17-15-18-13-8-11(16)4-6-14(13)19-15/h4,6,8-10,12H,3,5,7H2,1-2H3,(H,17,18). The number of hydrogen-bond donors (Lipinski definition) is 1. The molecular weight excluding hydrogens is 276 g/mol. The molecule has 2 aromatic rings. The number of nitrogens with one attached hydrogen (secondary N) is 1. The van der Waals surface area contributed by atoms with Crippen LogP contribution in [-0.2, 0) is 0 Å². The Labute approximate surface area is 123 Å². The highest BCUT2D eigenvalue weighted by Crippen LogP contribution is 2.33. The highest BCUT2D eigenvalue weighted by Gasteiger charge is 2.24. The van der Waals surface area contributed by atoms with Crippen LogP contribution in [0.2, 0.25) is 5.02 Å². The minimum Gasteiger partial charge on any atom is -0.359 e. The molecule has 3 unspecified atom stereocenters. The summed E-state index contributed by atoms with van der Waals surface area (Å²) in [7, 11) is 0. The Balaban J connectivity index is 1.74. The summed E-state index contributed by atoms with van der Waals surface area (Å²) in [5, 5.41) is 5.39. The molecule has 3 atom stereocenters. The van der Waals surface area contributed by atoms with Crippen LogP contribution in [0, 0.1) is 11.8 Å². The molecule has 1 aromatic heterocycles. The Morgan fingerprint density at radius 3 is 2.89 bits per heavy atom. The molecule has 0 saturated heterocycles. The second kappa shape index (κ2) is 5.29. The maximum atomic E-state index is 6.00. The Morgan fingerprint density at radius 2 is 2.11 bits per heavy atom. The molecule has 1 N–H and O–H groups in total.